The van der Waals surface area contributed by atoms with Crippen LogP contribution in [-0.4, -0.2) is 67.9 Å². The number of hydrogen-bond donors (Lipinski definition) is 4. The van der Waals surface area contributed by atoms with Crippen LogP contribution in [-0.2, 0) is 35.2 Å². The summed E-state index contributed by atoms with van der Waals surface area (Å²) in [6.45, 7) is 5.63. The van der Waals surface area contributed by atoms with Gasteiger partial charge < -0.3 is 35.5 Å². The number of rotatable bonds is 10. The molecule has 0 saturated carbocycles. The number of ether oxygens (including phenoxy) is 3. The van der Waals surface area contributed by atoms with Crippen LogP contribution in [0.4, 0.5) is 9.59 Å². The lowest BCUT2D eigenvalue weighted by Gasteiger charge is -2.24. The van der Waals surface area contributed by atoms with Gasteiger partial charge in [-0.05, 0) is 33.3 Å². The highest BCUT2D eigenvalue weighted by Gasteiger charge is 2.27. The van der Waals surface area contributed by atoms with Crippen LogP contribution in [0.2, 0.25) is 0 Å². The molecule has 0 fully saturated rings. The maximum atomic E-state index is 12.7. The number of benzene rings is 1. The molecule has 1 rings (SSSR count). The molecule has 4 N–H and O–H groups in total. The van der Waals surface area contributed by atoms with Gasteiger partial charge in [-0.25, -0.2) is 9.59 Å². The first-order valence-electron chi connectivity index (χ1n) is 10.5. The summed E-state index contributed by atoms with van der Waals surface area (Å²) in [7, 11) is 1.17. The maximum Gasteiger partial charge on any atom is 0.408 e. The highest BCUT2D eigenvalue weighted by atomic mass is 16.6. The zero-order chi connectivity index (χ0) is 25.7. The smallest absolute Gasteiger partial charge is 0.408 e. The minimum absolute atomic E-state index is 0.0143. The van der Waals surface area contributed by atoms with Gasteiger partial charge in [-0.3, -0.25) is 14.4 Å². The molecule has 0 bridgehead atoms. The lowest BCUT2D eigenvalue weighted by molar-refractivity contribution is -0.141. The summed E-state index contributed by atoms with van der Waals surface area (Å²) in [4.78, 5) is 60.2. The van der Waals surface area contributed by atoms with Crippen LogP contribution < -0.4 is 21.3 Å². The van der Waals surface area contributed by atoms with Crippen LogP contribution in [0.25, 0.3) is 0 Å². The van der Waals surface area contributed by atoms with Crippen molar-refractivity contribution in [1.82, 2.24) is 21.3 Å². The van der Waals surface area contributed by atoms with E-state index in [9.17, 15) is 24.0 Å². The Bertz CT molecular complexity index is 854. The molecular weight excluding hydrogens is 448 g/mol. The Balaban J connectivity index is 2.71. The van der Waals surface area contributed by atoms with Gasteiger partial charge in [-0.1, -0.05) is 30.3 Å². The molecule has 1 aromatic carbocycles. The number of alkyl carbamates (subject to hydrolysis) is 2. The summed E-state index contributed by atoms with van der Waals surface area (Å²) in [5.74, 6) is -2.07. The summed E-state index contributed by atoms with van der Waals surface area (Å²) in [5, 5.41) is 9.46. The molecule has 12 heteroatoms. The minimum Gasteiger partial charge on any atom is -0.468 e. The lowest BCUT2D eigenvalue weighted by Crippen LogP contribution is -2.57. The van der Waals surface area contributed by atoms with Crippen LogP contribution in [0.3, 0.4) is 0 Å². The van der Waals surface area contributed by atoms with Crippen LogP contribution in [0.15, 0.2) is 30.3 Å². The molecule has 188 valence electrons. The fourth-order valence-corrected chi connectivity index (χ4v) is 2.38. The van der Waals surface area contributed by atoms with E-state index in [1.54, 1.807) is 45.0 Å². The number of carbonyl (C=O) groups is 5. The quantitative estimate of drug-likeness (QED) is 0.280. The Morgan fingerprint density at radius 1 is 0.912 bits per heavy atom. The van der Waals surface area contributed by atoms with E-state index in [1.165, 1.54) is 14.0 Å². The van der Waals surface area contributed by atoms with Gasteiger partial charge in [0.25, 0.3) is 0 Å². The van der Waals surface area contributed by atoms with Gasteiger partial charge in [0.1, 0.15) is 30.8 Å². The number of carbonyl (C=O) groups excluding carboxylic acids is 5. The lowest BCUT2D eigenvalue weighted by atomic mass is 10.2. The first-order valence-corrected chi connectivity index (χ1v) is 10.5. The van der Waals surface area contributed by atoms with Gasteiger partial charge in [-0.2, -0.15) is 0 Å². The van der Waals surface area contributed by atoms with Gasteiger partial charge in [-0.15, -0.1) is 0 Å². The molecule has 12 nitrogen and oxygen atoms in total. The van der Waals surface area contributed by atoms with Crippen LogP contribution in [0.1, 0.15) is 33.3 Å². The molecule has 0 aromatic heterocycles. The number of methoxy groups -OCH3 is 1. The van der Waals surface area contributed by atoms with E-state index in [4.69, 9.17) is 9.47 Å². The van der Waals surface area contributed by atoms with Crippen molar-refractivity contribution in [1.29, 1.82) is 0 Å². The minimum atomic E-state index is -1.28. The van der Waals surface area contributed by atoms with Gasteiger partial charge in [0, 0.05) is 0 Å². The van der Waals surface area contributed by atoms with Crippen molar-refractivity contribution in [2.75, 3.05) is 20.2 Å². The van der Waals surface area contributed by atoms with E-state index in [-0.39, 0.29) is 19.7 Å². The van der Waals surface area contributed by atoms with Gasteiger partial charge in [0.15, 0.2) is 0 Å². The third-order valence-electron chi connectivity index (χ3n) is 4.06. The summed E-state index contributed by atoms with van der Waals surface area (Å²) in [5.41, 5.74) is -0.0561. The number of nitrogens with one attached hydrogen (secondary N) is 4. The molecule has 34 heavy (non-hydrogen) atoms. The molecule has 0 aliphatic heterocycles. The first kappa shape index (κ1) is 28.2. The summed E-state index contributed by atoms with van der Waals surface area (Å²) in [6, 6.07) is 6.64. The molecule has 2 atom stereocenters. The third kappa shape index (κ3) is 11.7. The SMILES string of the molecule is COC(=O)CNC(=O)[C@H](C)NC(=O)[C@H](CNC(=O)OCc1ccccc1)NC(=O)OC(C)(C)C. The van der Waals surface area contributed by atoms with Crippen molar-refractivity contribution in [3.05, 3.63) is 35.9 Å². The Morgan fingerprint density at radius 2 is 1.56 bits per heavy atom. The molecule has 0 unspecified atom stereocenters. The van der Waals surface area contributed by atoms with E-state index in [2.05, 4.69) is 26.0 Å². The Hall–Kier alpha value is -3.83. The molecule has 0 saturated heterocycles. The molecule has 0 radical (unpaired) electrons. The second-order valence-corrected chi connectivity index (χ2v) is 8.17. The monoisotopic (exact) mass is 480 g/mol. The number of esters is 1. The van der Waals surface area contributed by atoms with Gasteiger partial charge in [0.2, 0.25) is 11.8 Å². The normalized spacial score (nSPS) is 12.4. The van der Waals surface area contributed by atoms with Gasteiger partial charge in [0.05, 0.1) is 13.7 Å². The molecule has 0 aliphatic rings. The van der Waals surface area contributed by atoms with Crippen LogP contribution in [0.5, 0.6) is 0 Å². The number of amides is 4. The van der Waals surface area contributed by atoms with Crippen LogP contribution in [0, 0.1) is 0 Å². The topological polar surface area (TPSA) is 161 Å². The Labute approximate surface area is 198 Å². The molecule has 0 aliphatic carbocycles. The molecule has 0 spiro atoms. The van der Waals surface area contributed by atoms with Crippen molar-refractivity contribution in [2.45, 2.75) is 52.0 Å². The van der Waals surface area contributed by atoms with E-state index in [1.807, 2.05) is 6.07 Å². The first-order chi connectivity index (χ1) is 15.9. The fraction of sp³-hybridized carbons (Fsp3) is 0.500. The van der Waals surface area contributed by atoms with E-state index >= 15 is 0 Å². The van der Waals surface area contributed by atoms with Crippen molar-refractivity contribution < 1.29 is 38.2 Å². The van der Waals surface area contributed by atoms with E-state index < -0.39 is 47.7 Å². The van der Waals surface area contributed by atoms with E-state index in [0.29, 0.717) is 0 Å². The molecule has 4 amide bonds. The average Bonchev–Trinajstić information content (AvgIpc) is 2.77. The van der Waals surface area contributed by atoms with Crippen molar-refractivity contribution in [2.24, 2.45) is 0 Å². The fourth-order valence-electron chi connectivity index (χ4n) is 2.38. The van der Waals surface area contributed by atoms with Crippen molar-refractivity contribution in [3.63, 3.8) is 0 Å². The zero-order valence-electron chi connectivity index (χ0n) is 19.9. The maximum absolute atomic E-state index is 12.7. The van der Waals surface area contributed by atoms with Crippen molar-refractivity contribution in [3.8, 4) is 0 Å². The van der Waals surface area contributed by atoms with Gasteiger partial charge >= 0.3 is 18.2 Å². The summed E-state index contributed by atoms with van der Waals surface area (Å²) in [6.07, 6.45) is -1.70. The van der Waals surface area contributed by atoms with Crippen LogP contribution >= 0.6 is 0 Å². The highest BCUT2D eigenvalue weighted by Crippen LogP contribution is 2.07. The Kier molecular flexibility index (Phi) is 11.3. The second kappa shape index (κ2) is 13.7. The molecular formula is C22H32N4O8. The standard InChI is InChI=1S/C22H32N4O8/c1-14(18(28)23-12-17(27)32-5)25-19(29)16(26-21(31)34-22(2,3)4)11-24-20(30)33-13-15-9-7-6-8-10-15/h6-10,14,16H,11-13H2,1-5H3,(H,23,28)(H,24,30)(H,25,29)(H,26,31)/t14-,16-/m0/s1. The predicted octanol–water partition coefficient (Wildman–Crippen LogP) is 0.600. The summed E-state index contributed by atoms with van der Waals surface area (Å²) >= 11 is 0. The molecule has 0 heterocycles. The average molecular weight is 481 g/mol. The van der Waals surface area contributed by atoms with E-state index in [0.717, 1.165) is 5.56 Å². The largest absolute Gasteiger partial charge is 0.468 e. The summed E-state index contributed by atoms with van der Waals surface area (Å²) < 4.78 is 14.7. The third-order valence-corrected chi connectivity index (χ3v) is 4.06. The predicted molar refractivity (Wildman–Crippen MR) is 120 cm³/mol. The van der Waals surface area contributed by atoms with Crippen molar-refractivity contribution >= 4 is 30.0 Å². The number of hydrogen-bond acceptors (Lipinski definition) is 8. The Morgan fingerprint density at radius 3 is 2.15 bits per heavy atom. The highest BCUT2D eigenvalue weighted by molar-refractivity contribution is 5.92. The zero-order valence-corrected chi connectivity index (χ0v) is 19.9. The second-order valence-electron chi connectivity index (χ2n) is 8.17. The molecule has 1 aromatic rings.